The molecule has 3 unspecified atom stereocenters. The molecule has 1 aliphatic heterocycles. The molecule has 2 N–H and O–H groups in total. The van der Waals surface area contributed by atoms with Crippen LogP contribution in [0.2, 0.25) is 0 Å². The first-order chi connectivity index (χ1) is 12.2. The van der Waals surface area contributed by atoms with Gasteiger partial charge in [0.25, 0.3) is 0 Å². The molecule has 0 spiro atoms. The normalized spacial score (nSPS) is 20.7. The number of hydrogen-bond acceptors (Lipinski definition) is 3. The molecule has 0 bridgehead atoms. The molecule has 0 aromatic heterocycles. The van der Waals surface area contributed by atoms with Gasteiger partial charge >= 0.3 is 0 Å². The van der Waals surface area contributed by atoms with E-state index in [2.05, 4.69) is 13.8 Å². The summed E-state index contributed by atoms with van der Waals surface area (Å²) in [7, 11) is 0. The van der Waals surface area contributed by atoms with E-state index in [1.54, 1.807) is 4.90 Å². The first kappa shape index (κ1) is 23.1. The number of likely N-dealkylation sites (tertiary alicyclic amines) is 1. The third-order valence-corrected chi connectivity index (χ3v) is 5.78. The molecular weight excluding hydrogens is 324 g/mol. The Hall–Kier alpha value is -0.900. The lowest BCUT2D eigenvalue weighted by Gasteiger charge is -2.36. The lowest BCUT2D eigenvalue weighted by molar-refractivity contribution is -0.146. The van der Waals surface area contributed by atoms with Crippen LogP contribution in [0.25, 0.3) is 0 Å². The first-order valence-electron chi connectivity index (χ1n) is 10.9. The molecule has 4 nitrogen and oxygen atoms in total. The number of carbonyl (C=O) groups is 2. The number of nitrogens with two attached hydrogens (primary N) is 1. The summed E-state index contributed by atoms with van der Waals surface area (Å²) in [5, 5.41) is 0. The summed E-state index contributed by atoms with van der Waals surface area (Å²) in [6, 6.07) is -0.0287. The molecule has 0 aromatic carbocycles. The van der Waals surface area contributed by atoms with Gasteiger partial charge in [0.2, 0.25) is 11.8 Å². The summed E-state index contributed by atoms with van der Waals surface area (Å²) in [5.74, 6) is 0.289. The van der Waals surface area contributed by atoms with Crippen LogP contribution in [0.1, 0.15) is 105 Å². The van der Waals surface area contributed by atoms with Gasteiger partial charge in [-0.3, -0.25) is 14.5 Å². The monoisotopic (exact) mass is 366 g/mol. The Morgan fingerprint density at radius 2 is 1.58 bits per heavy atom. The predicted octanol–water partition coefficient (Wildman–Crippen LogP) is 5.04. The topological polar surface area (TPSA) is 63.4 Å². The molecule has 1 aliphatic rings. The summed E-state index contributed by atoms with van der Waals surface area (Å²) < 4.78 is 0. The molecule has 1 heterocycles. The second-order valence-corrected chi connectivity index (χ2v) is 8.98. The zero-order valence-corrected chi connectivity index (χ0v) is 17.9. The maximum absolute atomic E-state index is 13.2. The summed E-state index contributed by atoms with van der Waals surface area (Å²) in [6.45, 7) is 10.3. The van der Waals surface area contributed by atoms with Crippen LogP contribution in [-0.2, 0) is 9.59 Å². The van der Waals surface area contributed by atoms with Gasteiger partial charge in [0.15, 0.2) is 0 Å². The summed E-state index contributed by atoms with van der Waals surface area (Å²) in [5.41, 5.74) is 5.46. The van der Waals surface area contributed by atoms with Crippen LogP contribution in [0, 0.1) is 11.8 Å². The fourth-order valence-electron chi connectivity index (χ4n) is 4.58. The van der Waals surface area contributed by atoms with E-state index < -0.39 is 5.54 Å². The lowest BCUT2D eigenvalue weighted by Crippen LogP contribution is -2.50. The Bertz CT molecular complexity index is 445. The van der Waals surface area contributed by atoms with Crippen molar-refractivity contribution in [1.82, 2.24) is 4.90 Å². The van der Waals surface area contributed by atoms with E-state index in [9.17, 15) is 9.59 Å². The van der Waals surface area contributed by atoms with Crippen molar-refractivity contribution in [3.63, 3.8) is 0 Å². The smallest absolute Gasteiger partial charge is 0.233 e. The third kappa shape index (κ3) is 6.68. The predicted molar refractivity (Wildman–Crippen MR) is 109 cm³/mol. The maximum atomic E-state index is 13.2. The zero-order chi connectivity index (χ0) is 19.7. The molecule has 4 heteroatoms. The van der Waals surface area contributed by atoms with Gasteiger partial charge in [-0.25, -0.2) is 0 Å². The van der Waals surface area contributed by atoms with Crippen LogP contribution < -0.4 is 5.73 Å². The van der Waals surface area contributed by atoms with Gasteiger partial charge in [-0.05, 0) is 46.0 Å². The van der Waals surface area contributed by atoms with Crippen LogP contribution >= 0.6 is 0 Å². The van der Waals surface area contributed by atoms with Gasteiger partial charge < -0.3 is 5.73 Å². The minimum absolute atomic E-state index is 0.000278. The molecule has 1 rings (SSSR count). The number of carbonyl (C=O) groups excluding carboxylic acids is 2. The van der Waals surface area contributed by atoms with E-state index in [0.29, 0.717) is 18.8 Å². The van der Waals surface area contributed by atoms with Gasteiger partial charge in [0.1, 0.15) is 0 Å². The minimum Gasteiger partial charge on any atom is -0.328 e. The number of unbranched alkanes of at least 4 members (excludes halogenated alkanes) is 5. The quantitative estimate of drug-likeness (QED) is 0.367. The van der Waals surface area contributed by atoms with Crippen molar-refractivity contribution in [2.75, 3.05) is 0 Å². The van der Waals surface area contributed by atoms with Crippen molar-refractivity contribution in [2.24, 2.45) is 17.6 Å². The number of imide groups is 1. The van der Waals surface area contributed by atoms with Gasteiger partial charge in [-0.2, -0.15) is 0 Å². The highest BCUT2D eigenvalue weighted by Crippen LogP contribution is 2.37. The molecule has 1 saturated heterocycles. The van der Waals surface area contributed by atoms with Crippen LogP contribution in [0.3, 0.4) is 0 Å². The van der Waals surface area contributed by atoms with Crippen LogP contribution in [0.4, 0.5) is 0 Å². The van der Waals surface area contributed by atoms with Crippen molar-refractivity contribution in [3.8, 4) is 0 Å². The standard InChI is InChI=1S/C22H42N2O2/c1-6-8-10-12-14-18(13-11-9-7-2)19-15-20(25)24(21(19)26)22(4,5)16-17(3)23/h17-19H,6-16,23H2,1-5H3. The molecular formula is C22H42N2O2. The average Bonchev–Trinajstić information content (AvgIpc) is 2.84. The van der Waals surface area contributed by atoms with Crippen molar-refractivity contribution < 1.29 is 9.59 Å². The number of hydrogen-bond donors (Lipinski definition) is 1. The highest BCUT2D eigenvalue weighted by Gasteiger charge is 2.48. The molecule has 152 valence electrons. The molecule has 0 aliphatic carbocycles. The van der Waals surface area contributed by atoms with E-state index in [1.807, 2.05) is 20.8 Å². The van der Waals surface area contributed by atoms with Gasteiger partial charge in [0, 0.05) is 18.0 Å². The molecule has 3 atom stereocenters. The van der Waals surface area contributed by atoms with E-state index >= 15 is 0 Å². The highest BCUT2D eigenvalue weighted by molar-refractivity contribution is 6.04. The Labute approximate surface area is 161 Å². The summed E-state index contributed by atoms with van der Waals surface area (Å²) >= 11 is 0. The van der Waals surface area contributed by atoms with E-state index in [-0.39, 0.29) is 23.8 Å². The van der Waals surface area contributed by atoms with Crippen molar-refractivity contribution in [2.45, 2.75) is 117 Å². The van der Waals surface area contributed by atoms with Gasteiger partial charge in [0.05, 0.1) is 5.92 Å². The molecule has 0 aromatic rings. The molecule has 0 radical (unpaired) electrons. The fourth-order valence-corrected chi connectivity index (χ4v) is 4.58. The SMILES string of the molecule is CCCCCCC(CCCCC)C1CC(=O)N(C(C)(C)CC(C)N)C1=O. The highest BCUT2D eigenvalue weighted by atomic mass is 16.2. The zero-order valence-electron chi connectivity index (χ0n) is 17.9. The number of amides is 2. The maximum Gasteiger partial charge on any atom is 0.233 e. The summed E-state index contributed by atoms with van der Waals surface area (Å²) in [6.07, 6.45) is 11.6. The van der Waals surface area contributed by atoms with Crippen LogP contribution in [0.5, 0.6) is 0 Å². The Kier molecular flexibility index (Phi) is 9.84. The lowest BCUT2D eigenvalue weighted by atomic mass is 9.82. The van der Waals surface area contributed by atoms with Crippen molar-refractivity contribution in [1.29, 1.82) is 0 Å². The minimum atomic E-state index is -0.493. The van der Waals surface area contributed by atoms with E-state index in [0.717, 1.165) is 19.3 Å². The molecule has 0 saturated carbocycles. The second kappa shape index (κ2) is 11.1. The van der Waals surface area contributed by atoms with E-state index in [4.69, 9.17) is 5.73 Å². The first-order valence-corrected chi connectivity index (χ1v) is 10.9. The van der Waals surface area contributed by atoms with Crippen molar-refractivity contribution >= 4 is 11.8 Å². The number of rotatable bonds is 13. The Balaban J connectivity index is 2.82. The van der Waals surface area contributed by atoms with Crippen LogP contribution in [0.15, 0.2) is 0 Å². The van der Waals surface area contributed by atoms with Crippen molar-refractivity contribution in [3.05, 3.63) is 0 Å². The fraction of sp³-hybridized carbons (Fsp3) is 0.909. The average molecular weight is 367 g/mol. The van der Waals surface area contributed by atoms with E-state index in [1.165, 1.54) is 38.5 Å². The Morgan fingerprint density at radius 1 is 1.04 bits per heavy atom. The largest absolute Gasteiger partial charge is 0.328 e. The molecule has 1 fully saturated rings. The van der Waals surface area contributed by atoms with Gasteiger partial charge in [-0.15, -0.1) is 0 Å². The second-order valence-electron chi connectivity index (χ2n) is 8.98. The Morgan fingerprint density at radius 3 is 2.12 bits per heavy atom. The third-order valence-electron chi connectivity index (χ3n) is 5.78. The number of nitrogens with zero attached hydrogens (tertiary/aromatic N) is 1. The molecule has 2 amide bonds. The van der Waals surface area contributed by atoms with Crippen LogP contribution in [-0.4, -0.2) is 28.3 Å². The van der Waals surface area contributed by atoms with Gasteiger partial charge in [-0.1, -0.05) is 58.8 Å². The molecule has 26 heavy (non-hydrogen) atoms. The summed E-state index contributed by atoms with van der Waals surface area (Å²) in [4.78, 5) is 27.4.